The zero-order valence-corrected chi connectivity index (χ0v) is 13.7. The summed E-state index contributed by atoms with van der Waals surface area (Å²) in [5.41, 5.74) is 1.74. The molecular weight excluding hydrogens is 314 g/mol. The SMILES string of the molecule is BrCC1(CN2CCCOc3ccccc32)CCCCC1. The lowest BCUT2D eigenvalue weighted by Crippen LogP contribution is -2.40. The Hall–Kier alpha value is -0.700. The Bertz CT molecular complexity index is 442. The van der Waals surface area contributed by atoms with Crippen LogP contribution in [0.15, 0.2) is 24.3 Å². The standard InChI is InChI=1S/C17H24BrNO/c18-13-17(9-4-1-5-10-17)14-19-11-6-12-20-16-8-3-2-7-15(16)19/h2-3,7-8H,1,4-6,9-14H2. The van der Waals surface area contributed by atoms with E-state index in [0.717, 1.165) is 30.7 Å². The number of nitrogens with zero attached hydrogens (tertiary/aromatic N) is 1. The van der Waals surface area contributed by atoms with Crippen molar-refractivity contribution in [2.24, 2.45) is 5.41 Å². The first-order valence-corrected chi connectivity index (χ1v) is 8.98. The summed E-state index contributed by atoms with van der Waals surface area (Å²) in [5.74, 6) is 1.06. The van der Waals surface area contributed by atoms with Crippen LogP contribution >= 0.6 is 15.9 Å². The number of para-hydroxylation sites is 2. The third-order valence-electron chi connectivity index (χ3n) is 4.76. The van der Waals surface area contributed by atoms with E-state index in [9.17, 15) is 0 Å². The highest BCUT2D eigenvalue weighted by Gasteiger charge is 2.34. The van der Waals surface area contributed by atoms with E-state index in [2.05, 4.69) is 45.1 Å². The third kappa shape index (κ3) is 2.98. The third-order valence-corrected chi connectivity index (χ3v) is 5.95. The molecule has 0 N–H and O–H groups in total. The summed E-state index contributed by atoms with van der Waals surface area (Å²) in [7, 11) is 0. The minimum atomic E-state index is 0.454. The number of benzene rings is 1. The normalized spacial score (nSPS) is 21.8. The fourth-order valence-corrected chi connectivity index (χ4v) is 4.34. The van der Waals surface area contributed by atoms with Crippen molar-refractivity contribution in [3.63, 3.8) is 0 Å². The zero-order chi connectivity index (χ0) is 13.8. The Morgan fingerprint density at radius 3 is 2.70 bits per heavy atom. The Balaban J connectivity index is 1.82. The molecule has 1 heterocycles. The maximum Gasteiger partial charge on any atom is 0.142 e. The van der Waals surface area contributed by atoms with Gasteiger partial charge >= 0.3 is 0 Å². The molecule has 0 radical (unpaired) electrons. The van der Waals surface area contributed by atoms with Crippen molar-refractivity contribution in [2.45, 2.75) is 38.5 Å². The predicted molar refractivity (Wildman–Crippen MR) is 88.1 cm³/mol. The summed E-state index contributed by atoms with van der Waals surface area (Å²) in [5, 5.41) is 1.12. The number of hydrogen-bond acceptors (Lipinski definition) is 2. The van der Waals surface area contributed by atoms with Crippen molar-refractivity contribution < 1.29 is 4.74 Å². The molecule has 1 saturated carbocycles. The smallest absolute Gasteiger partial charge is 0.142 e. The monoisotopic (exact) mass is 337 g/mol. The maximum atomic E-state index is 5.88. The van der Waals surface area contributed by atoms with Crippen LogP contribution in [-0.2, 0) is 0 Å². The second-order valence-corrected chi connectivity index (χ2v) is 6.85. The van der Waals surface area contributed by atoms with E-state index in [-0.39, 0.29) is 0 Å². The lowest BCUT2D eigenvalue weighted by atomic mass is 9.75. The van der Waals surface area contributed by atoms with E-state index >= 15 is 0 Å². The van der Waals surface area contributed by atoms with Gasteiger partial charge in [0.15, 0.2) is 0 Å². The largest absolute Gasteiger partial charge is 0.491 e. The fourth-order valence-electron chi connectivity index (χ4n) is 3.60. The number of hydrogen-bond donors (Lipinski definition) is 0. The molecule has 0 bridgehead atoms. The fraction of sp³-hybridized carbons (Fsp3) is 0.647. The first-order valence-electron chi connectivity index (χ1n) is 7.86. The van der Waals surface area contributed by atoms with E-state index in [1.54, 1.807) is 0 Å². The van der Waals surface area contributed by atoms with E-state index in [1.807, 2.05) is 0 Å². The highest BCUT2D eigenvalue weighted by molar-refractivity contribution is 9.09. The molecule has 110 valence electrons. The molecule has 1 fully saturated rings. The molecule has 0 aromatic heterocycles. The second kappa shape index (κ2) is 6.38. The van der Waals surface area contributed by atoms with Gasteiger partial charge < -0.3 is 9.64 Å². The first kappa shape index (κ1) is 14.2. The Labute approximate surface area is 130 Å². The quantitative estimate of drug-likeness (QED) is 0.746. The number of anilines is 1. The lowest BCUT2D eigenvalue weighted by molar-refractivity contribution is 0.229. The molecule has 2 aliphatic rings. The van der Waals surface area contributed by atoms with Gasteiger partial charge in [-0.25, -0.2) is 0 Å². The van der Waals surface area contributed by atoms with Crippen LogP contribution in [0.2, 0.25) is 0 Å². The summed E-state index contributed by atoms with van der Waals surface area (Å²) in [6.07, 6.45) is 8.02. The number of ether oxygens (including phenoxy) is 1. The van der Waals surface area contributed by atoms with Gasteiger partial charge in [0.05, 0.1) is 12.3 Å². The van der Waals surface area contributed by atoms with E-state index in [0.29, 0.717) is 5.41 Å². The van der Waals surface area contributed by atoms with Gasteiger partial charge in [0.1, 0.15) is 5.75 Å². The highest BCUT2D eigenvalue weighted by atomic mass is 79.9. The van der Waals surface area contributed by atoms with Gasteiger partial charge in [-0.05, 0) is 36.8 Å². The summed E-state index contributed by atoms with van der Waals surface area (Å²) in [4.78, 5) is 2.56. The van der Waals surface area contributed by atoms with Gasteiger partial charge in [0, 0.05) is 18.4 Å². The minimum absolute atomic E-state index is 0.454. The summed E-state index contributed by atoms with van der Waals surface area (Å²) in [6, 6.07) is 8.52. The average Bonchev–Trinajstić information content (AvgIpc) is 2.71. The molecule has 0 amide bonds. The van der Waals surface area contributed by atoms with Crippen molar-refractivity contribution in [1.29, 1.82) is 0 Å². The average molecular weight is 338 g/mol. The molecule has 3 rings (SSSR count). The van der Waals surface area contributed by atoms with Crippen molar-refractivity contribution in [2.75, 3.05) is 29.9 Å². The molecule has 1 aromatic rings. The minimum Gasteiger partial charge on any atom is -0.491 e. The number of fused-ring (bicyclic) bond motifs is 1. The van der Waals surface area contributed by atoms with Crippen LogP contribution in [0.1, 0.15) is 38.5 Å². The summed E-state index contributed by atoms with van der Waals surface area (Å²) >= 11 is 3.80. The second-order valence-electron chi connectivity index (χ2n) is 6.29. The van der Waals surface area contributed by atoms with E-state index < -0.39 is 0 Å². The molecule has 0 saturated heterocycles. The van der Waals surface area contributed by atoms with Gasteiger partial charge in [-0.1, -0.05) is 47.3 Å². The summed E-state index contributed by atoms with van der Waals surface area (Å²) < 4.78 is 5.88. The van der Waals surface area contributed by atoms with Crippen LogP contribution in [0, 0.1) is 5.41 Å². The lowest BCUT2D eigenvalue weighted by Gasteiger charge is -2.40. The van der Waals surface area contributed by atoms with Crippen LogP contribution in [0.4, 0.5) is 5.69 Å². The first-order chi connectivity index (χ1) is 9.83. The topological polar surface area (TPSA) is 12.5 Å². The Morgan fingerprint density at radius 2 is 1.90 bits per heavy atom. The van der Waals surface area contributed by atoms with Crippen LogP contribution in [-0.4, -0.2) is 25.0 Å². The zero-order valence-electron chi connectivity index (χ0n) is 12.1. The molecule has 1 aliphatic carbocycles. The number of halogens is 1. The summed E-state index contributed by atoms with van der Waals surface area (Å²) in [6.45, 7) is 3.12. The van der Waals surface area contributed by atoms with E-state index in [1.165, 1.54) is 44.3 Å². The van der Waals surface area contributed by atoms with Gasteiger partial charge in [0.25, 0.3) is 0 Å². The molecule has 3 heteroatoms. The predicted octanol–water partition coefficient (Wildman–Crippen LogP) is 4.62. The number of alkyl halides is 1. The molecule has 0 atom stereocenters. The molecule has 2 nitrogen and oxygen atoms in total. The van der Waals surface area contributed by atoms with Crippen molar-refractivity contribution in [3.05, 3.63) is 24.3 Å². The Morgan fingerprint density at radius 1 is 1.10 bits per heavy atom. The van der Waals surface area contributed by atoms with Crippen LogP contribution in [0.3, 0.4) is 0 Å². The van der Waals surface area contributed by atoms with Gasteiger partial charge in [-0.15, -0.1) is 0 Å². The molecule has 0 unspecified atom stereocenters. The van der Waals surface area contributed by atoms with Crippen molar-refractivity contribution in [1.82, 2.24) is 0 Å². The van der Waals surface area contributed by atoms with Crippen LogP contribution in [0.5, 0.6) is 5.75 Å². The molecule has 0 spiro atoms. The maximum absolute atomic E-state index is 5.88. The van der Waals surface area contributed by atoms with Crippen molar-refractivity contribution >= 4 is 21.6 Å². The molecule has 1 aromatic carbocycles. The van der Waals surface area contributed by atoms with Crippen LogP contribution < -0.4 is 9.64 Å². The number of rotatable bonds is 3. The molecular formula is C17H24BrNO. The van der Waals surface area contributed by atoms with Gasteiger partial charge in [-0.3, -0.25) is 0 Å². The van der Waals surface area contributed by atoms with Crippen LogP contribution in [0.25, 0.3) is 0 Å². The van der Waals surface area contributed by atoms with E-state index in [4.69, 9.17) is 4.74 Å². The molecule has 20 heavy (non-hydrogen) atoms. The molecule has 1 aliphatic heterocycles. The van der Waals surface area contributed by atoms with Gasteiger partial charge in [0.2, 0.25) is 0 Å². The van der Waals surface area contributed by atoms with Gasteiger partial charge in [-0.2, -0.15) is 0 Å². The van der Waals surface area contributed by atoms with Crippen molar-refractivity contribution in [3.8, 4) is 5.75 Å². The highest BCUT2D eigenvalue weighted by Crippen LogP contribution is 2.41. The Kier molecular flexibility index (Phi) is 4.54.